The third-order valence-corrected chi connectivity index (χ3v) is 5.72. The van der Waals surface area contributed by atoms with Crippen LogP contribution >= 0.6 is 11.3 Å². The van der Waals surface area contributed by atoms with Gasteiger partial charge in [0.2, 0.25) is 0 Å². The van der Waals surface area contributed by atoms with Crippen LogP contribution in [-0.4, -0.2) is 47.5 Å². The van der Waals surface area contributed by atoms with Gasteiger partial charge in [0.1, 0.15) is 17.3 Å². The van der Waals surface area contributed by atoms with E-state index in [-0.39, 0.29) is 0 Å². The number of thiophene rings is 1. The van der Waals surface area contributed by atoms with Gasteiger partial charge >= 0.3 is 0 Å². The lowest BCUT2D eigenvalue weighted by molar-refractivity contribution is -0.0543. The smallest absolute Gasteiger partial charge is 0.158 e. The molecule has 0 atom stereocenters. The van der Waals surface area contributed by atoms with Crippen LogP contribution in [0.3, 0.4) is 0 Å². The quantitative estimate of drug-likeness (QED) is 0.677. The molecule has 0 aliphatic carbocycles. The highest BCUT2D eigenvalue weighted by atomic mass is 32.1. The van der Waals surface area contributed by atoms with Crippen LogP contribution < -0.4 is 5.32 Å². The van der Waals surface area contributed by atoms with Crippen molar-refractivity contribution in [1.82, 2.24) is 9.97 Å². The van der Waals surface area contributed by atoms with Crippen molar-refractivity contribution in [2.75, 3.05) is 32.2 Å². The van der Waals surface area contributed by atoms with Gasteiger partial charge in [-0.2, -0.15) is 0 Å². The molecule has 1 saturated heterocycles. The summed E-state index contributed by atoms with van der Waals surface area (Å²) in [7, 11) is 1.63. The minimum absolute atomic E-state index is 0.349. The lowest BCUT2D eigenvalue weighted by Crippen LogP contribution is -2.42. The van der Waals surface area contributed by atoms with Crippen molar-refractivity contribution in [2.24, 2.45) is 0 Å². The number of hydrogen-bond donors (Lipinski definition) is 2. The monoisotopic (exact) mass is 385 g/mol. The summed E-state index contributed by atoms with van der Waals surface area (Å²) in [6, 6.07) is 10.2. The maximum absolute atomic E-state index is 10.8. The average molecular weight is 385 g/mol. The zero-order valence-electron chi connectivity index (χ0n) is 15.3. The molecular formula is C20H23N3O3S. The van der Waals surface area contributed by atoms with Gasteiger partial charge in [0.25, 0.3) is 0 Å². The number of benzene rings is 1. The highest BCUT2D eigenvalue weighted by molar-refractivity contribution is 7.17. The molecule has 2 N–H and O–H groups in total. The predicted molar refractivity (Wildman–Crippen MR) is 107 cm³/mol. The number of fused-ring (bicyclic) bond motifs is 1. The minimum atomic E-state index is -0.778. The summed E-state index contributed by atoms with van der Waals surface area (Å²) in [6.07, 6.45) is 1.24. The van der Waals surface area contributed by atoms with E-state index in [9.17, 15) is 5.11 Å². The van der Waals surface area contributed by atoms with Crippen LogP contribution in [0, 0.1) is 0 Å². The number of anilines is 1. The van der Waals surface area contributed by atoms with Gasteiger partial charge in [0.05, 0.1) is 11.0 Å². The molecule has 2 aromatic heterocycles. The zero-order chi connectivity index (χ0) is 18.7. The highest BCUT2D eigenvalue weighted by Gasteiger charge is 2.30. The van der Waals surface area contributed by atoms with E-state index < -0.39 is 5.60 Å². The first-order chi connectivity index (χ1) is 13.2. The average Bonchev–Trinajstić information content (AvgIpc) is 3.12. The highest BCUT2D eigenvalue weighted by Crippen LogP contribution is 2.37. The summed E-state index contributed by atoms with van der Waals surface area (Å²) in [5.41, 5.74) is 1.44. The maximum atomic E-state index is 10.8. The summed E-state index contributed by atoms with van der Waals surface area (Å²) < 4.78 is 10.6. The lowest BCUT2D eigenvalue weighted by Gasteiger charge is -2.32. The van der Waals surface area contributed by atoms with Crippen LogP contribution in [0.4, 0.5) is 5.82 Å². The third-order valence-electron chi connectivity index (χ3n) is 4.85. The molecule has 3 heterocycles. The maximum Gasteiger partial charge on any atom is 0.158 e. The number of ether oxygens (including phenoxy) is 2. The number of nitrogens with one attached hydrogen (secondary N) is 1. The van der Waals surface area contributed by atoms with Crippen LogP contribution in [0.25, 0.3) is 21.3 Å². The summed E-state index contributed by atoms with van der Waals surface area (Å²) in [5.74, 6) is 1.37. The second-order valence-corrected chi connectivity index (χ2v) is 7.67. The number of aromatic nitrogens is 2. The molecule has 1 fully saturated rings. The fraction of sp³-hybridized carbons (Fsp3) is 0.400. The van der Waals surface area contributed by atoms with E-state index in [1.54, 1.807) is 18.4 Å². The van der Waals surface area contributed by atoms with Gasteiger partial charge in [-0.05, 0) is 5.56 Å². The first-order valence-corrected chi connectivity index (χ1v) is 9.93. The van der Waals surface area contributed by atoms with E-state index in [2.05, 4.69) is 32.8 Å². The standard InChI is InChI=1S/C20H23N3O3S/c1-25-11-16-22-18(21-13-20(24)7-9-26-10-8-20)17-15(12-27-19(17)23-16)14-5-3-2-4-6-14/h2-6,12,24H,7-11,13H2,1H3,(H,21,22,23). The van der Waals surface area contributed by atoms with E-state index in [0.717, 1.165) is 27.2 Å². The number of rotatable bonds is 6. The first-order valence-electron chi connectivity index (χ1n) is 9.05. The normalized spacial score (nSPS) is 16.5. The van der Waals surface area contributed by atoms with Gasteiger partial charge in [-0.15, -0.1) is 11.3 Å². The number of aliphatic hydroxyl groups is 1. The number of hydrogen-bond acceptors (Lipinski definition) is 7. The van der Waals surface area contributed by atoms with E-state index in [0.29, 0.717) is 45.0 Å². The van der Waals surface area contributed by atoms with E-state index in [1.165, 1.54) is 0 Å². The Kier molecular flexibility index (Phi) is 5.36. The molecule has 0 radical (unpaired) electrons. The summed E-state index contributed by atoms with van der Waals surface area (Å²) in [6.45, 7) is 1.94. The molecule has 0 spiro atoms. The number of methoxy groups -OCH3 is 1. The molecule has 1 aromatic carbocycles. The summed E-state index contributed by atoms with van der Waals surface area (Å²) >= 11 is 1.59. The van der Waals surface area contributed by atoms with Crippen molar-refractivity contribution in [1.29, 1.82) is 0 Å². The topological polar surface area (TPSA) is 76.5 Å². The molecule has 3 aromatic rings. The van der Waals surface area contributed by atoms with Crippen molar-refractivity contribution in [3.05, 3.63) is 41.5 Å². The Balaban J connectivity index is 1.72. The molecule has 0 bridgehead atoms. The van der Waals surface area contributed by atoms with Crippen molar-refractivity contribution in [3.8, 4) is 11.1 Å². The Morgan fingerprint density at radius 1 is 1.22 bits per heavy atom. The molecule has 0 saturated carbocycles. The Bertz CT molecular complexity index is 907. The predicted octanol–water partition coefficient (Wildman–Crippen LogP) is 3.46. The van der Waals surface area contributed by atoms with Crippen LogP contribution in [0.1, 0.15) is 18.7 Å². The molecule has 0 amide bonds. The minimum Gasteiger partial charge on any atom is -0.388 e. The molecule has 27 heavy (non-hydrogen) atoms. The Morgan fingerprint density at radius 2 is 2.00 bits per heavy atom. The van der Waals surface area contributed by atoms with Gasteiger partial charge in [-0.3, -0.25) is 0 Å². The summed E-state index contributed by atoms with van der Waals surface area (Å²) in [5, 5.41) is 17.3. The fourth-order valence-corrected chi connectivity index (χ4v) is 4.28. The largest absolute Gasteiger partial charge is 0.388 e. The molecular weight excluding hydrogens is 362 g/mol. The molecule has 4 rings (SSSR count). The van der Waals surface area contributed by atoms with Gasteiger partial charge in [0.15, 0.2) is 5.82 Å². The second kappa shape index (κ2) is 7.90. The Labute approximate surface area is 162 Å². The second-order valence-electron chi connectivity index (χ2n) is 6.81. The van der Waals surface area contributed by atoms with E-state index >= 15 is 0 Å². The van der Waals surface area contributed by atoms with Crippen molar-refractivity contribution in [3.63, 3.8) is 0 Å². The van der Waals surface area contributed by atoms with Crippen LogP contribution in [-0.2, 0) is 16.1 Å². The van der Waals surface area contributed by atoms with Gasteiger partial charge in [-0.25, -0.2) is 9.97 Å². The van der Waals surface area contributed by atoms with Crippen molar-refractivity contribution in [2.45, 2.75) is 25.0 Å². The fourth-order valence-electron chi connectivity index (χ4n) is 3.31. The van der Waals surface area contributed by atoms with Crippen LogP contribution in [0.2, 0.25) is 0 Å². The van der Waals surface area contributed by atoms with Gasteiger partial charge in [0, 0.05) is 50.7 Å². The van der Waals surface area contributed by atoms with E-state index in [1.807, 2.05) is 18.2 Å². The molecule has 6 nitrogen and oxygen atoms in total. The van der Waals surface area contributed by atoms with Crippen LogP contribution in [0.5, 0.6) is 0 Å². The van der Waals surface area contributed by atoms with Gasteiger partial charge in [-0.1, -0.05) is 30.3 Å². The first kappa shape index (κ1) is 18.3. The third kappa shape index (κ3) is 3.96. The van der Waals surface area contributed by atoms with E-state index in [4.69, 9.17) is 9.47 Å². The number of nitrogens with zero attached hydrogens (tertiary/aromatic N) is 2. The molecule has 0 unspecified atom stereocenters. The molecule has 1 aliphatic heterocycles. The molecule has 7 heteroatoms. The van der Waals surface area contributed by atoms with Crippen molar-refractivity contribution >= 4 is 27.4 Å². The lowest BCUT2D eigenvalue weighted by atomic mass is 9.94. The van der Waals surface area contributed by atoms with Gasteiger partial charge < -0.3 is 19.9 Å². The van der Waals surface area contributed by atoms with Crippen molar-refractivity contribution < 1.29 is 14.6 Å². The molecule has 1 aliphatic rings. The summed E-state index contributed by atoms with van der Waals surface area (Å²) in [4.78, 5) is 10.2. The Morgan fingerprint density at radius 3 is 2.74 bits per heavy atom. The Hall–Kier alpha value is -2.06. The zero-order valence-corrected chi connectivity index (χ0v) is 16.1. The SMILES string of the molecule is COCc1nc(NCC2(O)CCOCC2)c2c(-c3ccccc3)csc2n1. The van der Waals surface area contributed by atoms with Crippen LogP contribution in [0.15, 0.2) is 35.7 Å². The molecule has 142 valence electrons.